The fourth-order valence-corrected chi connectivity index (χ4v) is 2.82. The Morgan fingerprint density at radius 3 is 2.48 bits per heavy atom. The maximum atomic E-state index is 12.3. The van der Waals surface area contributed by atoms with Crippen LogP contribution in [0, 0.1) is 0 Å². The number of hydrogen-bond acceptors (Lipinski definition) is 3. The van der Waals surface area contributed by atoms with Gasteiger partial charge in [0, 0.05) is 37.6 Å². The monoisotopic (exact) mass is 360 g/mol. The topological polar surface area (TPSA) is 60.9 Å². The summed E-state index contributed by atoms with van der Waals surface area (Å²) in [6.07, 6.45) is 1.24. The van der Waals surface area contributed by atoms with Gasteiger partial charge in [0.25, 0.3) is 0 Å². The van der Waals surface area contributed by atoms with Crippen LogP contribution in [0.15, 0.2) is 24.3 Å². The first-order valence-electron chi connectivity index (χ1n) is 7.51. The Kier molecular flexibility index (Phi) is 8.37. The molecule has 0 radical (unpaired) electrons. The van der Waals surface area contributed by atoms with Crippen molar-refractivity contribution in [3.05, 3.63) is 34.9 Å². The number of halogens is 2. The zero-order valence-corrected chi connectivity index (χ0v) is 14.5. The number of amides is 1. The Morgan fingerprint density at radius 2 is 1.87 bits per heavy atom. The van der Waals surface area contributed by atoms with Gasteiger partial charge in [-0.3, -0.25) is 14.5 Å². The van der Waals surface area contributed by atoms with Crippen LogP contribution in [0.25, 0.3) is 0 Å². The third kappa shape index (κ3) is 6.77. The van der Waals surface area contributed by atoms with Crippen molar-refractivity contribution >= 4 is 35.9 Å². The molecule has 1 aromatic rings. The van der Waals surface area contributed by atoms with Crippen molar-refractivity contribution in [1.82, 2.24) is 9.80 Å². The van der Waals surface area contributed by atoms with Crippen LogP contribution in [0.2, 0.25) is 5.02 Å². The minimum absolute atomic E-state index is 0. The molecule has 0 bridgehead atoms. The second-order valence-corrected chi connectivity index (χ2v) is 5.96. The first-order valence-corrected chi connectivity index (χ1v) is 7.89. The van der Waals surface area contributed by atoms with Crippen molar-refractivity contribution in [3.8, 4) is 0 Å². The molecule has 0 saturated carbocycles. The molecule has 1 amide bonds. The van der Waals surface area contributed by atoms with E-state index in [0.29, 0.717) is 31.0 Å². The lowest BCUT2D eigenvalue weighted by Gasteiger charge is -2.34. The predicted octanol–water partition coefficient (Wildman–Crippen LogP) is 2.31. The zero-order chi connectivity index (χ0) is 15.9. The summed E-state index contributed by atoms with van der Waals surface area (Å²) < 4.78 is 0. The average Bonchev–Trinajstić information content (AvgIpc) is 2.47. The van der Waals surface area contributed by atoms with Crippen LogP contribution in [0.3, 0.4) is 0 Å². The summed E-state index contributed by atoms with van der Waals surface area (Å²) in [5.41, 5.74) is 0.932. The van der Waals surface area contributed by atoms with Crippen molar-refractivity contribution in [1.29, 1.82) is 0 Å². The van der Waals surface area contributed by atoms with Crippen LogP contribution < -0.4 is 0 Å². The number of carboxylic acid groups (broad SMARTS) is 1. The van der Waals surface area contributed by atoms with E-state index < -0.39 is 5.97 Å². The molecule has 2 rings (SSSR count). The van der Waals surface area contributed by atoms with Gasteiger partial charge in [0.1, 0.15) is 0 Å². The Hall–Kier alpha value is -1.30. The number of carbonyl (C=O) groups is 2. The summed E-state index contributed by atoms with van der Waals surface area (Å²) >= 11 is 5.93. The Bertz CT molecular complexity index is 532. The highest BCUT2D eigenvalue weighted by Crippen LogP contribution is 2.13. The lowest BCUT2D eigenvalue weighted by Crippen LogP contribution is -2.49. The number of rotatable bonds is 6. The lowest BCUT2D eigenvalue weighted by atomic mass is 10.1. The van der Waals surface area contributed by atoms with Crippen molar-refractivity contribution < 1.29 is 14.7 Å². The van der Waals surface area contributed by atoms with E-state index in [0.717, 1.165) is 25.2 Å². The lowest BCUT2D eigenvalue weighted by molar-refractivity contribution is -0.137. The van der Waals surface area contributed by atoms with Gasteiger partial charge in [0.05, 0.1) is 6.42 Å². The van der Waals surface area contributed by atoms with Crippen LogP contribution in [0.5, 0.6) is 0 Å². The second-order valence-electron chi connectivity index (χ2n) is 5.53. The Labute approximate surface area is 147 Å². The number of carbonyl (C=O) groups excluding carboxylic acids is 1. The molecular formula is C16H22Cl2N2O3. The molecule has 1 N–H and O–H groups in total. The summed E-state index contributed by atoms with van der Waals surface area (Å²) in [7, 11) is 0. The molecular weight excluding hydrogens is 339 g/mol. The van der Waals surface area contributed by atoms with E-state index in [1.807, 2.05) is 23.1 Å². The van der Waals surface area contributed by atoms with Gasteiger partial charge >= 0.3 is 5.97 Å². The van der Waals surface area contributed by atoms with Gasteiger partial charge < -0.3 is 10.0 Å². The highest BCUT2D eigenvalue weighted by molar-refractivity contribution is 6.30. The van der Waals surface area contributed by atoms with Gasteiger partial charge in [-0.05, 0) is 30.7 Å². The number of aliphatic carboxylic acids is 1. The van der Waals surface area contributed by atoms with Gasteiger partial charge in [0.15, 0.2) is 0 Å². The van der Waals surface area contributed by atoms with E-state index in [-0.39, 0.29) is 24.7 Å². The fraction of sp³-hybridized carbons (Fsp3) is 0.500. The van der Waals surface area contributed by atoms with Crippen LogP contribution in [0.4, 0.5) is 0 Å². The van der Waals surface area contributed by atoms with Gasteiger partial charge in [-0.15, -0.1) is 12.4 Å². The molecule has 0 atom stereocenters. The summed E-state index contributed by atoms with van der Waals surface area (Å²) in [6.45, 7) is 3.80. The standard InChI is InChI=1S/C16H21ClN2O3.ClH/c17-14-4-1-3-13(11-14)12-15(20)19-9-7-18(8-10-19)6-2-5-16(21)22;/h1,3-4,11H,2,5-10,12H2,(H,21,22);1H. The first-order chi connectivity index (χ1) is 10.5. The van der Waals surface area contributed by atoms with Gasteiger partial charge in [-0.2, -0.15) is 0 Å². The maximum Gasteiger partial charge on any atom is 0.303 e. The van der Waals surface area contributed by atoms with Crippen LogP contribution in [0.1, 0.15) is 18.4 Å². The van der Waals surface area contributed by atoms with E-state index >= 15 is 0 Å². The van der Waals surface area contributed by atoms with E-state index in [1.165, 1.54) is 0 Å². The summed E-state index contributed by atoms with van der Waals surface area (Å²) in [6, 6.07) is 7.38. The molecule has 0 aromatic heterocycles. The average molecular weight is 361 g/mol. The molecule has 0 spiro atoms. The molecule has 1 saturated heterocycles. The van der Waals surface area contributed by atoms with E-state index in [1.54, 1.807) is 6.07 Å². The highest BCUT2D eigenvalue weighted by Gasteiger charge is 2.21. The van der Waals surface area contributed by atoms with Gasteiger partial charge in [-0.25, -0.2) is 0 Å². The molecule has 1 aliphatic rings. The van der Waals surface area contributed by atoms with Gasteiger partial charge in [-0.1, -0.05) is 23.7 Å². The minimum Gasteiger partial charge on any atom is -0.481 e. The summed E-state index contributed by atoms with van der Waals surface area (Å²) in [5.74, 6) is -0.636. The third-order valence-corrected chi connectivity index (χ3v) is 4.07. The highest BCUT2D eigenvalue weighted by atomic mass is 35.5. The number of benzene rings is 1. The Balaban J connectivity index is 0.00000264. The van der Waals surface area contributed by atoms with Crippen molar-refractivity contribution in [2.24, 2.45) is 0 Å². The number of carboxylic acids is 1. The summed E-state index contributed by atoms with van der Waals surface area (Å²) in [5, 5.41) is 9.28. The molecule has 1 heterocycles. The first kappa shape index (κ1) is 19.7. The SMILES string of the molecule is Cl.O=C(O)CCCN1CCN(C(=O)Cc2cccc(Cl)c2)CC1. The molecule has 0 unspecified atom stereocenters. The van der Waals surface area contributed by atoms with E-state index in [2.05, 4.69) is 4.90 Å². The zero-order valence-electron chi connectivity index (χ0n) is 12.9. The summed E-state index contributed by atoms with van der Waals surface area (Å²) in [4.78, 5) is 26.9. The van der Waals surface area contributed by atoms with Crippen molar-refractivity contribution in [2.45, 2.75) is 19.3 Å². The quantitative estimate of drug-likeness (QED) is 0.845. The molecule has 1 aromatic carbocycles. The minimum atomic E-state index is -0.754. The smallest absolute Gasteiger partial charge is 0.303 e. The Morgan fingerprint density at radius 1 is 1.17 bits per heavy atom. The third-order valence-electron chi connectivity index (χ3n) is 3.83. The normalized spacial score (nSPS) is 15.1. The van der Waals surface area contributed by atoms with Crippen molar-refractivity contribution in [2.75, 3.05) is 32.7 Å². The van der Waals surface area contributed by atoms with Crippen molar-refractivity contribution in [3.63, 3.8) is 0 Å². The molecule has 23 heavy (non-hydrogen) atoms. The molecule has 1 fully saturated rings. The molecule has 1 aliphatic heterocycles. The fourth-order valence-electron chi connectivity index (χ4n) is 2.61. The van der Waals surface area contributed by atoms with Crippen LogP contribution in [-0.2, 0) is 16.0 Å². The molecule has 7 heteroatoms. The van der Waals surface area contributed by atoms with E-state index in [4.69, 9.17) is 16.7 Å². The molecule has 0 aliphatic carbocycles. The van der Waals surface area contributed by atoms with Crippen LogP contribution in [-0.4, -0.2) is 59.5 Å². The number of nitrogens with zero attached hydrogens (tertiary/aromatic N) is 2. The molecule has 128 valence electrons. The molecule has 5 nitrogen and oxygen atoms in total. The second kappa shape index (κ2) is 9.75. The van der Waals surface area contributed by atoms with E-state index in [9.17, 15) is 9.59 Å². The maximum absolute atomic E-state index is 12.3. The predicted molar refractivity (Wildman–Crippen MR) is 92.3 cm³/mol. The van der Waals surface area contributed by atoms with Crippen LogP contribution >= 0.6 is 24.0 Å². The largest absolute Gasteiger partial charge is 0.481 e. The number of hydrogen-bond donors (Lipinski definition) is 1. The number of piperazine rings is 1. The van der Waals surface area contributed by atoms with Gasteiger partial charge in [0.2, 0.25) is 5.91 Å².